The van der Waals surface area contributed by atoms with Gasteiger partial charge in [0, 0.05) is 31.4 Å². The highest BCUT2D eigenvalue weighted by molar-refractivity contribution is 6.62. The highest BCUT2D eigenvalue weighted by Crippen LogP contribution is 2.36. The molecule has 0 bridgehead atoms. The Kier molecular flexibility index (Phi) is 3.89. The molecule has 21 heavy (non-hydrogen) atoms. The van der Waals surface area contributed by atoms with Crippen LogP contribution >= 0.6 is 0 Å². The van der Waals surface area contributed by atoms with Gasteiger partial charge in [0.15, 0.2) is 0 Å². The Balaban J connectivity index is 2.35. The summed E-state index contributed by atoms with van der Waals surface area (Å²) in [6, 6.07) is 1.81. The number of pyridine rings is 1. The second-order valence-electron chi connectivity index (χ2n) is 6.69. The van der Waals surface area contributed by atoms with E-state index in [1.54, 1.807) is 20.3 Å². The molecule has 1 fully saturated rings. The van der Waals surface area contributed by atoms with Gasteiger partial charge in [0.2, 0.25) is 0 Å². The first-order valence-electron chi connectivity index (χ1n) is 7.09. The molecule has 1 aromatic heterocycles. The van der Waals surface area contributed by atoms with Crippen molar-refractivity contribution in [2.75, 3.05) is 14.1 Å². The Labute approximate surface area is 126 Å². The predicted molar refractivity (Wildman–Crippen MR) is 82.7 cm³/mol. The number of carbonyl (C=O) groups is 1. The van der Waals surface area contributed by atoms with Crippen LogP contribution in [0.15, 0.2) is 12.3 Å². The molecular weight excluding hydrogens is 267 g/mol. The second-order valence-corrected chi connectivity index (χ2v) is 6.69. The molecule has 0 spiro atoms. The van der Waals surface area contributed by atoms with Crippen molar-refractivity contribution >= 4 is 18.5 Å². The number of hydrogen-bond acceptors (Lipinski definition) is 4. The number of amides is 1. The fourth-order valence-electron chi connectivity index (χ4n) is 2.11. The molecule has 2 rings (SSSR count). The van der Waals surface area contributed by atoms with E-state index >= 15 is 0 Å². The minimum absolute atomic E-state index is 0.0710. The van der Waals surface area contributed by atoms with E-state index in [1.807, 2.05) is 40.7 Å². The van der Waals surface area contributed by atoms with E-state index in [1.165, 1.54) is 4.90 Å². The monoisotopic (exact) mass is 290 g/mol. The zero-order valence-electron chi connectivity index (χ0n) is 13.9. The van der Waals surface area contributed by atoms with Gasteiger partial charge in [0.1, 0.15) is 0 Å². The van der Waals surface area contributed by atoms with Gasteiger partial charge in [-0.3, -0.25) is 9.78 Å². The number of hydrogen-bond donors (Lipinski definition) is 0. The molecule has 1 aromatic rings. The lowest BCUT2D eigenvalue weighted by Crippen LogP contribution is -2.41. The molecule has 0 atom stereocenters. The normalized spacial score (nSPS) is 19.7. The number of rotatable bonds is 2. The third-order valence-electron chi connectivity index (χ3n) is 4.27. The predicted octanol–water partition coefficient (Wildman–Crippen LogP) is 1.39. The van der Waals surface area contributed by atoms with Crippen molar-refractivity contribution in [1.82, 2.24) is 9.88 Å². The van der Waals surface area contributed by atoms with Crippen LogP contribution < -0.4 is 5.46 Å². The van der Waals surface area contributed by atoms with Crippen molar-refractivity contribution in [3.63, 3.8) is 0 Å². The highest BCUT2D eigenvalue weighted by Gasteiger charge is 2.51. The van der Waals surface area contributed by atoms with Gasteiger partial charge in [-0.05, 0) is 40.7 Å². The molecule has 114 valence electrons. The summed E-state index contributed by atoms with van der Waals surface area (Å²) >= 11 is 0. The van der Waals surface area contributed by atoms with Crippen molar-refractivity contribution in [3.05, 3.63) is 23.5 Å². The molecule has 0 aliphatic carbocycles. The Morgan fingerprint density at radius 3 is 2.19 bits per heavy atom. The van der Waals surface area contributed by atoms with Crippen LogP contribution in [-0.2, 0) is 9.31 Å². The molecular formula is C15H23BN2O3. The lowest BCUT2D eigenvalue weighted by Gasteiger charge is -2.32. The number of nitrogens with zero attached hydrogens (tertiary/aromatic N) is 2. The van der Waals surface area contributed by atoms with Gasteiger partial charge in [-0.1, -0.05) is 0 Å². The van der Waals surface area contributed by atoms with E-state index in [-0.39, 0.29) is 5.91 Å². The summed E-state index contributed by atoms with van der Waals surface area (Å²) in [4.78, 5) is 18.0. The molecule has 2 heterocycles. The molecule has 5 nitrogen and oxygen atoms in total. The van der Waals surface area contributed by atoms with E-state index in [0.29, 0.717) is 11.3 Å². The number of aryl methyl sites for hydroxylation is 1. The van der Waals surface area contributed by atoms with Crippen LogP contribution in [0.4, 0.5) is 0 Å². The molecule has 0 saturated carbocycles. The summed E-state index contributed by atoms with van der Waals surface area (Å²) in [7, 11) is 2.95. The first-order chi connectivity index (χ1) is 9.55. The number of aromatic nitrogens is 1. The first-order valence-corrected chi connectivity index (χ1v) is 7.09. The van der Waals surface area contributed by atoms with Crippen molar-refractivity contribution in [2.24, 2.45) is 0 Å². The van der Waals surface area contributed by atoms with Crippen LogP contribution in [0.5, 0.6) is 0 Å². The fourth-order valence-corrected chi connectivity index (χ4v) is 2.11. The van der Waals surface area contributed by atoms with Gasteiger partial charge < -0.3 is 14.2 Å². The summed E-state index contributed by atoms with van der Waals surface area (Å²) in [6.45, 7) is 9.83. The molecule has 1 amide bonds. The molecule has 0 N–H and O–H groups in total. The Bertz CT molecular complexity index is 554. The lowest BCUT2D eigenvalue weighted by molar-refractivity contribution is 0.00578. The third-order valence-corrected chi connectivity index (χ3v) is 4.27. The molecule has 0 unspecified atom stereocenters. The van der Waals surface area contributed by atoms with Crippen LogP contribution in [0.25, 0.3) is 0 Å². The molecule has 0 aromatic carbocycles. The van der Waals surface area contributed by atoms with Crippen LogP contribution in [0.3, 0.4) is 0 Å². The molecule has 1 aliphatic heterocycles. The zero-order valence-corrected chi connectivity index (χ0v) is 13.9. The fraction of sp³-hybridized carbons (Fsp3) is 0.600. The topological polar surface area (TPSA) is 51.7 Å². The Morgan fingerprint density at radius 2 is 1.71 bits per heavy atom. The summed E-state index contributed by atoms with van der Waals surface area (Å²) in [5.41, 5.74) is 1.23. The Morgan fingerprint density at radius 1 is 1.19 bits per heavy atom. The van der Waals surface area contributed by atoms with Gasteiger partial charge in [-0.2, -0.15) is 0 Å². The van der Waals surface area contributed by atoms with Gasteiger partial charge in [-0.25, -0.2) is 0 Å². The summed E-state index contributed by atoms with van der Waals surface area (Å²) < 4.78 is 12.0. The van der Waals surface area contributed by atoms with E-state index < -0.39 is 18.3 Å². The summed E-state index contributed by atoms with van der Waals surface area (Å²) in [6.07, 6.45) is 1.71. The van der Waals surface area contributed by atoms with Gasteiger partial charge in [0.05, 0.1) is 16.8 Å². The quantitative estimate of drug-likeness (QED) is 0.772. The van der Waals surface area contributed by atoms with Gasteiger partial charge >= 0.3 is 7.12 Å². The van der Waals surface area contributed by atoms with E-state index in [0.717, 1.165) is 5.46 Å². The van der Waals surface area contributed by atoms with Crippen molar-refractivity contribution in [2.45, 2.75) is 45.8 Å². The van der Waals surface area contributed by atoms with Crippen LogP contribution in [0.1, 0.15) is 43.7 Å². The van der Waals surface area contributed by atoms with Crippen LogP contribution in [-0.4, -0.2) is 48.2 Å². The van der Waals surface area contributed by atoms with E-state index in [9.17, 15) is 4.79 Å². The smallest absolute Gasteiger partial charge is 0.399 e. The average molecular weight is 290 g/mol. The van der Waals surface area contributed by atoms with E-state index in [4.69, 9.17) is 9.31 Å². The number of carbonyl (C=O) groups excluding carboxylic acids is 1. The minimum atomic E-state index is -0.503. The van der Waals surface area contributed by atoms with E-state index in [2.05, 4.69) is 4.98 Å². The molecule has 1 saturated heterocycles. The Hall–Kier alpha value is -1.40. The minimum Gasteiger partial charge on any atom is -0.399 e. The van der Waals surface area contributed by atoms with Crippen LogP contribution in [0.2, 0.25) is 0 Å². The van der Waals surface area contributed by atoms with Crippen molar-refractivity contribution in [1.29, 1.82) is 0 Å². The zero-order chi connectivity index (χ0) is 16.0. The van der Waals surface area contributed by atoms with Crippen molar-refractivity contribution < 1.29 is 14.1 Å². The molecule has 6 heteroatoms. The summed E-state index contributed by atoms with van der Waals surface area (Å²) in [5.74, 6) is -0.0710. The maximum Gasteiger partial charge on any atom is 0.496 e. The standard InChI is InChI=1S/C15H23BN2O3/c1-10-12(13(19)18(6)7)8-11(9-17-10)16-20-14(2,3)15(4,5)21-16/h8-9H,1-7H3. The van der Waals surface area contributed by atoms with Crippen molar-refractivity contribution in [3.8, 4) is 0 Å². The van der Waals surface area contributed by atoms with Gasteiger partial charge in [-0.15, -0.1) is 0 Å². The third kappa shape index (κ3) is 2.83. The molecule has 1 aliphatic rings. The lowest BCUT2D eigenvalue weighted by atomic mass is 9.79. The average Bonchev–Trinajstić information content (AvgIpc) is 2.58. The van der Waals surface area contributed by atoms with Crippen LogP contribution in [0, 0.1) is 6.92 Å². The first kappa shape index (κ1) is 16.0. The SMILES string of the molecule is Cc1ncc(B2OC(C)(C)C(C)(C)O2)cc1C(=O)N(C)C. The maximum absolute atomic E-state index is 12.2. The van der Waals surface area contributed by atoms with Gasteiger partial charge in [0.25, 0.3) is 5.91 Å². The maximum atomic E-state index is 12.2. The largest absolute Gasteiger partial charge is 0.496 e. The second kappa shape index (κ2) is 5.11. The summed E-state index contributed by atoms with van der Waals surface area (Å²) in [5, 5.41) is 0. The molecule has 0 radical (unpaired) electrons. The highest BCUT2D eigenvalue weighted by atomic mass is 16.7.